The van der Waals surface area contributed by atoms with E-state index in [0.29, 0.717) is 35.3 Å². The van der Waals surface area contributed by atoms with Crippen LogP contribution >= 0.6 is 11.3 Å². The van der Waals surface area contributed by atoms with E-state index < -0.39 is 23.4 Å². The molecule has 0 aliphatic rings. The Hall–Kier alpha value is -5.23. The van der Waals surface area contributed by atoms with Crippen molar-refractivity contribution in [3.05, 3.63) is 152 Å². The number of halogens is 5. The summed E-state index contributed by atoms with van der Waals surface area (Å²) in [6, 6.07) is 20.8. The largest absolute Gasteiger partial charge is 0.416 e. The van der Waals surface area contributed by atoms with Crippen LogP contribution in [0.3, 0.4) is 0 Å². The molecule has 1 amide bonds. The van der Waals surface area contributed by atoms with Crippen LogP contribution in [0.15, 0.2) is 107 Å². The van der Waals surface area contributed by atoms with Crippen LogP contribution in [0.25, 0.3) is 22.2 Å². The third kappa shape index (κ3) is 7.92. The average molecular weight is 689 g/mol. The Labute approximate surface area is 282 Å². The molecule has 0 aliphatic heterocycles. The van der Waals surface area contributed by atoms with Gasteiger partial charge in [-0.2, -0.15) is 13.2 Å². The van der Waals surface area contributed by atoms with Gasteiger partial charge >= 0.3 is 6.18 Å². The van der Waals surface area contributed by atoms with Crippen LogP contribution in [-0.2, 0) is 43.3 Å². The second-order valence-electron chi connectivity index (χ2n) is 11.4. The second-order valence-corrected chi connectivity index (χ2v) is 12.4. The van der Waals surface area contributed by atoms with Crippen molar-refractivity contribution in [2.75, 3.05) is 6.54 Å². The summed E-state index contributed by atoms with van der Waals surface area (Å²) in [4.78, 5) is 37.6. The lowest BCUT2D eigenvalue weighted by molar-refractivity contribution is -0.137. The van der Waals surface area contributed by atoms with Gasteiger partial charge < -0.3 is 9.47 Å². The van der Waals surface area contributed by atoms with Crippen LogP contribution in [0.4, 0.5) is 22.0 Å². The van der Waals surface area contributed by atoms with Crippen LogP contribution in [0, 0.1) is 11.6 Å². The Balaban J connectivity index is 1.27. The van der Waals surface area contributed by atoms with Gasteiger partial charge in [-0.25, -0.2) is 18.7 Å². The normalized spacial score (nSPS) is 11.6. The lowest BCUT2D eigenvalue weighted by Gasteiger charge is -2.25. The molecule has 6 nitrogen and oxygen atoms in total. The Morgan fingerprint density at radius 1 is 0.837 bits per heavy atom. The lowest BCUT2D eigenvalue weighted by Crippen LogP contribution is -2.36. The van der Waals surface area contributed by atoms with Gasteiger partial charge in [-0.05, 0) is 65.4 Å². The monoisotopic (exact) mass is 688 g/mol. The highest BCUT2D eigenvalue weighted by atomic mass is 32.1. The van der Waals surface area contributed by atoms with E-state index in [4.69, 9.17) is 0 Å². The minimum atomic E-state index is -4.42. The SMILES string of the molecule is O=C(Cn1c(CCc2cccc(F)c2F)cc(=O)c2cccnc21)N(CCc1nccs1)Cc1ccc(-c2ccc(C(F)(F)F)cc2)cc1. The van der Waals surface area contributed by atoms with E-state index >= 15 is 0 Å². The Bertz CT molecular complexity index is 2130. The van der Waals surface area contributed by atoms with E-state index in [-0.39, 0.29) is 42.8 Å². The van der Waals surface area contributed by atoms with Crippen molar-refractivity contribution in [2.45, 2.75) is 38.5 Å². The average Bonchev–Trinajstić information content (AvgIpc) is 3.62. The zero-order valence-electron chi connectivity index (χ0n) is 26.0. The van der Waals surface area contributed by atoms with Crippen LogP contribution in [0.2, 0.25) is 0 Å². The number of fused-ring (bicyclic) bond motifs is 1. The summed E-state index contributed by atoms with van der Waals surface area (Å²) in [5.74, 6) is -2.19. The topological polar surface area (TPSA) is 68.1 Å². The molecule has 0 aliphatic carbocycles. The fraction of sp³-hybridized carbons (Fsp3) is 0.189. The number of hydrogen-bond acceptors (Lipinski definition) is 5. The maximum absolute atomic E-state index is 14.5. The van der Waals surface area contributed by atoms with E-state index in [9.17, 15) is 31.5 Å². The Kier molecular flexibility index (Phi) is 9.95. The number of amides is 1. The van der Waals surface area contributed by atoms with Crippen LogP contribution in [-0.4, -0.2) is 31.9 Å². The Morgan fingerprint density at radius 3 is 2.27 bits per heavy atom. The van der Waals surface area contributed by atoms with Gasteiger partial charge in [0.1, 0.15) is 12.2 Å². The predicted octanol–water partition coefficient (Wildman–Crippen LogP) is 7.87. The molecule has 0 bridgehead atoms. The van der Waals surface area contributed by atoms with E-state index in [1.54, 1.807) is 39.9 Å². The minimum Gasteiger partial charge on any atom is -0.336 e. The summed E-state index contributed by atoms with van der Waals surface area (Å²) in [6.45, 7) is 0.394. The number of rotatable bonds is 11. The molecule has 0 unspecified atom stereocenters. The second kappa shape index (κ2) is 14.5. The van der Waals surface area contributed by atoms with Gasteiger partial charge in [0.05, 0.1) is 16.0 Å². The number of pyridine rings is 2. The van der Waals surface area contributed by atoms with Gasteiger partial charge in [0.25, 0.3) is 0 Å². The fourth-order valence-corrected chi connectivity index (χ4v) is 6.25. The molecule has 0 radical (unpaired) electrons. The third-order valence-corrected chi connectivity index (χ3v) is 9.07. The van der Waals surface area contributed by atoms with Gasteiger partial charge in [-0.3, -0.25) is 9.59 Å². The van der Waals surface area contributed by atoms with E-state index in [1.165, 1.54) is 47.9 Å². The van der Waals surface area contributed by atoms with E-state index in [1.807, 2.05) is 17.5 Å². The van der Waals surface area contributed by atoms with E-state index in [2.05, 4.69) is 9.97 Å². The van der Waals surface area contributed by atoms with Crippen molar-refractivity contribution in [3.8, 4) is 11.1 Å². The van der Waals surface area contributed by atoms with E-state index in [0.717, 1.165) is 34.3 Å². The summed E-state index contributed by atoms with van der Waals surface area (Å²) in [5.41, 5.74) is 2.03. The fourth-order valence-electron chi connectivity index (χ4n) is 5.64. The Morgan fingerprint density at radius 2 is 1.57 bits per heavy atom. The molecule has 12 heteroatoms. The molecule has 0 fully saturated rings. The number of carbonyl (C=O) groups excluding carboxylic acids is 1. The first-order valence-electron chi connectivity index (χ1n) is 15.4. The van der Waals surface area contributed by atoms with Crippen LogP contribution in [0.5, 0.6) is 0 Å². The lowest BCUT2D eigenvalue weighted by atomic mass is 10.0. The molecule has 0 atom stereocenters. The summed E-state index contributed by atoms with van der Waals surface area (Å²) in [5, 5.41) is 3.03. The van der Waals surface area contributed by atoms with Crippen molar-refractivity contribution in [1.29, 1.82) is 0 Å². The number of nitrogens with zero attached hydrogens (tertiary/aromatic N) is 4. The molecule has 0 spiro atoms. The predicted molar refractivity (Wildman–Crippen MR) is 178 cm³/mol. The molecule has 0 saturated heterocycles. The first kappa shape index (κ1) is 33.7. The quantitative estimate of drug-likeness (QED) is 0.130. The number of benzene rings is 3. The summed E-state index contributed by atoms with van der Waals surface area (Å²) < 4.78 is 69.1. The van der Waals surface area contributed by atoms with Crippen LogP contribution < -0.4 is 5.43 Å². The number of aryl methyl sites for hydroxylation is 2. The standard InChI is InChI=1S/C37H29F5N4O2S/c38-31-5-1-3-27(35(31)39)12-15-29-21-32(47)30-4-2-17-44-36(30)46(29)23-34(48)45(19-16-33-43-18-20-49-33)22-24-6-8-25(9-7-24)26-10-13-28(14-11-26)37(40,41)42/h1-11,13-14,17-18,20-21H,12,15-16,19,22-23H2. The number of aromatic nitrogens is 3. The molecular formula is C37H29F5N4O2S. The zero-order valence-corrected chi connectivity index (χ0v) is 26.8. The summed E-state index contributed by atoms with van der Waals surface area (Å²) >= 11 is 1.47. The van der Waals surface area contributed by atoms with Crippen molar-refractivity contribution in [2.24, 2.45) is 0 Å². The minimum absolute atomic E-state index is 0.0919. The molecule has 49 heavy (non-hydrogen) atoms. The maximum atomic E-state index is 14.5. The molecule has 250 valence electrons. The smallest absolute Gasteiger partial charge is 0.336 e. The van der Waals surface area contributed by atoms with Crippen molar-refractivity contribution >= 4 is 28.3 Å². The number of alkyl halides is 3. The first-order chi connectivity index (χ1) is 23.6. The van der Waals surface area contributed by atoms with Crippen molar-refractivity contribution in [1.82, 2.24) is 19.4 Å². The highest BCUT2D eigenvalue weighted by Gasteiger charge is 2.30. The number of thiazole rings is 1. The number of hydrogen-bond donors (Lipinski definition) is 0. The molecule has 0 saturated carbocycles. The molecule has 3 aromatic carbocycles. The summed E-state index contributed by atoms with van der Waals surface area (Å²) in [6.07, 6.45) is -0.458. The highest BCUT2D eigenvalue weighted by Crippen LogP contribution is 2.31. The van der Waals surface area contributed by atoms with Gasteiger partial charge in [-0.1, -0.05) is 48.5 Å². The van der Waals surface area contributed by atoms with Crippen molar-refractivity contribution < 1.29 is 26.7 Å². The molecule has 6 rings (SSSR count). The van der Waals surface area contributed by atoms with Crippen molar-refractivity contribution in [3.63, 3.8) is 0 Å². The zero-order chi connectivity index (χ0) is 34.5. The maximum Gasteiger partial charge on any atom is 0.416 e. The first-order valence-corrected chi connectivity index (χ1v) is 16.3. The third-order valence-electron chi connectivity index (χ3n) is 8.23. The molecule has 3 heterocycles. The number of carbonyl (C=O) groups is 1. The van der Waals surface area contributed by atoms with Gasteiger partial charge in [0.2, 0.25) is 5.91 Å². The van der Waals surface area contributed by atoms with Crippen LogP contribution in [0.1, 0.15) is 27.4 Å². The van der Waals surface area contributed by atoms with Gasteiger partial charge in [-0.15, -0.1) is 11.3 Å². The van der Waals surface area contributed by atoms with Gasteiger partial charge in [0, 0.05) is 49.0 Å². The van der Waals surface area contributed by atoms with Gasteiger partial charge in [0.15, 0.2) is 17.1 Å². The molecule has 0 N–H and O–H groups in total. The summed E-state index contributed by atoms with van der Waals surface area (Å²) in [7, 11) is 0. The molecule has 3 aromatic heterocycles. The molecular weight excluding hydrogens is 659 g/mol. The molecule has 6 aromatic rings. The highest BCUT2D eigenvalue weighted by molar-refractivity contribution is 7.09.